The molecule has 31 heavy (non-hydrogen) atoms. The second-order valence-electron chi connectivity index (χ2n) is 7.33. The van der Waals surface area contributed by atoms with E-state index in [1.807, 2.05) is 6.07 Å². The Bertz CT molecular complexity index is 944. The van der Waals surface area contributed by atoms with Crippen molar-refractivity contribution in [3.8, 4) is 5.75 Å². The normalized spacial score (nSPS) is 18.1. The lowest BCUT2D eigenvalue weighted by Gasteiger charge is -2.36. The van der Waals surface area contributed by atoms with Crippen LogP contribution < -0.4 is 10.5 Å². The zero-order valence-corrected chi connectivity index (χ0v) is 17.1. The molecule has 10 nitrogen and oxygen atoms in total. The largest absolute Gasteiger partial charge is 0.496 e. The van der Waals surface area contributed by atoms with Crippen LogP contribution in [-0.4, -0.2) is 46.0 Å². The van der Waals surface area contributed by atoms with E-state index >= 15 is 0 Å². The number of aromatic nitrogens is 1. The minimum Gasteiger partial charge on any atom is -0.496 e. The molecule has 1 fully saturated rings. The molecule has 164 valence electrons. The van der Waals surface area contributed by atoms with Gasteiger partial charge in [0.15, 0.2) is 0 Å². The fraction of sp³-hybridized carbons (Fsp3) is 0.381. The van der Waals surface area contributed by atoms with E-state index in [1.165, 1.54) is 25.3 Å². The van der Waals surface area contributed by atoms with Crippen LogP contribution in [0.1, 0.15) is 52.0 Å². The zero-order valence-electron chi connectivity index (χ0n) is 17.1. The monoisotopic (exact) mass is 428 g/mol. The number of benzene rings is 1. The number of ether oxygens (including phenoxy) is 1. The number of hydrogen-bond donors (Lipinski definition) is 1. The number of pyridine rings is 1. The molecule has 1 aromatic carbocycles. The highest BCUT2D eigenvalue weighted by molar-refractivity contribution is 6.01. The lowest BCUT2D eigenvalue weighted by atomic mass is 9.91. The van der Waals surface area contributed by atoms with Gasteiger partial charge in [-0.25, -0.2) is 0 Å². The van der Waals surface area contributed by atoms with Crippen molar-refractivity contribution in [1.29, 1.82) is 0 Å². The quantitative estimate of drug-likeness (QED) is 0.503. The van der Waals surface area contributed by atoms with Crippen molar-refractivity contribution >= 4 is 11.8 Å². The molecular weight excluding hydrogens is 404 g/mol. The summed E-state index contributed by atoms with van der Waals surface area (Å²) in [5.41, 5.74) is 6.66. The summed E-state index contributed by atoms with van der Waals surface area (Å²) < 4.78 is 5.34. The predicted octanol–water partition coefficient (Wildman–Crippen LogP) is 2.35. The minimum absolute atomic E-state index is 0.166. The van der Waals surface area contributed by atoms with Crippen LogP contribution in [0.15, 0.2) is 42.7 Å². The van der Waals surface area contributed by atoms with Crippen LogP contribution in [-0.2, 0) is 11.4 Å². The Balaban J connectivity index is 1.90. The van der Waals surface area contributed by atoms with Crippen LogP contribution in [0, 0.1) is 10.1 Å². The van der Waals surface area contributed by atoms with Crippen LogP contribution in [0.4, 0.5) is 0 Å². The summed E-state index contributed by atoms with van der Waals surface area (Å²) in [5, 5.41) is 9.86. The number of hydrogen-bond acceptors (Lipinski definition) is 7. The van der Waals surface area contributed by atoms with Crippen molar-refractivity contribution < 1.29 is 24.3 Å². The van der Waals surface area contributed by atoms with E-state index in [2.05, 4.69) is 4.98 Å². The van der Waals surface area contributed by atoms with Crippen LogP contribution in [0.25, 0.3) is 0 Å². The van der Waals surface area contributed by atoms with Gasteiger partial charge in [-0.1, -0.05) is 6.07 Å². The molecule has 0 unspecified atom stereocenters. The lowest BCUT2D eigenvalue weighted by Crippen LogP contribution is -2.43. The summed E-state index contributed by atoms with van der Waals surface area (Å²) in [6, 6.07) is 7.96. The minimum atomic E-state index is -0.774. The Hall–Kier alpha value is -3.69. The molecule has 0 bridgehead atoms. The predicted molar refractivity (Wildman–Crippen MR) is 110 cm³/mol. The molecule has 1 aromatic heterocycles. The molecule has 3 rings (SSSR count). The average Bonchev–Trinajstić information content (AvgIpc) is 2.77. The molecule has 2 aromatic rings. The van der Waals surface area contributed by atoms with Crippen molar-refractivity contribution in [3.63, 3.8) is 0 Å². The van der Waals surface area contributed by atoms with Crippen molar-refractivity contribution in [2.45, 2.75) is 44.4 Å². The SMILES string of the molecule is COc1ccc(C(N)=O)cc1C(=O)N(Cc1cccnc1)C1CCC(O[N+](=O)[O-])CC1. The number of rotatable bonds is 8. The third kappa shape index (κ3) is 5.47. The Morgan fingerprint density at radius 1 is 1.26 bits per heavy atom. The highest BCUT2D eigenvalue weighted by Gasteiger charge is 2.32. The number of methoxy groups -OCH3 is 1. The van der Waals surface area contributed by atoms with Gasteiger partial charge >= 0.3 is 0 Å². The van der Waals surface area contributed by atoms with E-state index < -0.39 is 17.1 Å². The molecule has 1 aliphatic carbocycles. The second kappa shape index (κ2) is 9.88. The van der Waals surface area contributed by atoms with Gasteiger partial charge in [0.25, 0.3) is 11.0 Å². The first-order valence-corrected chi connectivity index (χ1v) is 9.88. The summed E-state index contributed by atoms with van der Waals surface area (Å²) in [6.45, 7) is 0.294. The number of amides is 2. The van der Waals surface area contributed by atoms with Gasteiger partial charge < -0.3 is 20.2 Å². The Morgan fingerprint density at radius 3 is 2.58 bits per heavy atom. The maximum Gasteiger partial charge on any atom is 0.294 e. The van der Waals surface area contributed by atoms with E-state index in [-0.39, 0.29) is 23.1 Å². The molecule has 2 amide bonds. The van der Waals surface area contributed by atoms with Crippen LogP contribution in [0.3, 0.4) is 0 Å². The van der Waals surface area contributed by atoms with Gasteiger partial charge in [-0.2, -0.15) is 0 Å². The van der Waals surface area contributed by atoms with Gasteiger partial charge in [0, 0.05) is 30.5 Å². The third-order valence-corrected chi connectivity index (χ3v) is 5.37. The molecule has 2 N–H and O–H groups in total. The van der Waals surface area contributed by atoms with E-state index in [9.17, 15) is 19.7 Å². The summed E-state index contributed by atoms with van der Waals surface area (Å²) in [7, 11) is 1.45. The van der Waals surface area contributed by atoms with Crippen molar-refractivity contribution in [1.82, 2.24) is 9.88 Å². The number of carbonyl (C=O) groups is 2. The Kier molecular flexibility index (Phi) is 7.01. The molecular formula is C21H24N4O6. The average molecular weight is 428 g/mol. The zero-order chi connectivity index (χ0) is 22.4. The van der Waals surface area contributed by atoms with Crippen molar-refractivity contribution in [2.75, 3.05) is 7.11 Å². The highest BCUT2D eigenvalue weighted by Crippen LogP contribution is 2.30. The number of nitrogens with two attached hydrogens (primary N) is 1. The fourth-order valence-electron chi connectivity index (χ4n) is 3.82. The molecule has 1 heterocycles. The third-order valence-electron chi connectivity index (χ3n) is 5.37. The number of primary amides is 1. The molecule has 0 atom stereocenters. The Morgan fingerprint density at radius 2 is 2.00 bits per heavy atom. The summed E-state index contributed by atoms with van der Waals surface area (Å²) in [4.78, 5) is 46.4. The van der Waals surface area contributed by atoms with Crippen LogP contribution >= 0.6 is 0 Å². The molecule has 0 radical (unpaired) electrons. The second-order valence-corrected chi connectivity index (χ2v) is 7.33. The van der Waals surface area contributed by atoms with E-state index in [4.69, 9.17) is 15.3 Å². The van der Waals surface area contributed by atoms with Gasteiger partial charge in [0.2, 0.25) is 5.91 Å². The number of nitrogens with zero attached hydrogens (tertiary/aromatic N) is 3. The number of carbonyl (C=O) groups excluding carboxylic acids is 2. The van der Waals surface area contributed by atoms with Crippen molar-refractivity contribution in [3.05, 3.63) is 69.5 Å². The van der Waals surface area contributed by atoms with Gasteiger partial charge in [-0.15, -0.1) is 10.1 Å². The van der Waals surface area contributed by atoms with Gasteiger partial charge in [0.05, 0.1) is 12.7 Å². The maximum atomic E-state index is 13.6. The van der Waals surface area contributed by atoms with Crippen molar-refractivity contribution in [2.24, 2.45) is 5.73 Å². The molecule has 1 saturated carbocycles. The standard InChI is InChI=1S/C21H24N4O6/c1-30-19-9-4-15(20(22)26)11-18(19)21(27)24(13-14-3-2-10-23-12-14)16-5-7-17(8-6-16)31-25(28)29/h2-4,9-12,16-17H,5-8,13H2,1H3,(H2,22,26). The van der Waals surface area contributed by atoms with E-state index in [0.29, 0.717) is 38.0 Å². The van der Waals surface area contributed by atoms with E-state index in [0.717, 1.165) is 5.56 Å². The first kappa shape index (κ1) is 22.0. The molecule has 10 heteroatoms. The maximum absolute atomic E-state index is 13.6. The first-order chi connectivity index (χ1) is 14.9. The van der Waals surface area contributed by atoms with Gasteiger partial charge in [-0.05, 0) is 55.5 Å². The summed E-state index contributed by atoms with van der Waals surface area (Å²) in [6.07, 6.45) is 4.86. The summed E-state index contributed by atoms with van der Waals surface area (Å²) >= 11 is 0. The molecule has 0 spiro atoms. The van der Waals surface area contributed by atoms with Gasteiger partial charge in [-0.3, -0.25) is 14.6 Å². The Labute approximate surface area is 179 Å². The van der Waals surface area contributed by atoms with Crippen LogP contribution in [0.5, 0.6) is 5.75 Å². The highest BCUT2D eigenvalue weighted by atomic mass is 17.0. The van der Waals surface area contributed by atoms with Crippen LogP contribution in [0.2, 0.25) is 0 Å². The van der Waals surface area contributed by atoms with Gasteiger partial charge in [0.1, 0.15) is 11.9 Å². The molecule has 1 aliphatic rings. The molecule has 0 saturated heterocycles. The summed E-state index contributed by atoms with van der Waals surface area (Å²) in [5.74, 6) is -0.632. The topological polar surface area (TPSA) is 138 Å². The fourth-order valence-corrected chi connectivity index (χ4v) is 3.82. The lowest BCUT2D eigenvalue weighted by molar-refractivity contribution is -0.769. The molecule has 0 aliphatic heterocycles. The smallest absolute Gasteiger partial charge is 0.294 e. The van der Waals surface area contributed by atoms with E-state index in [1.54, 1.807) is 23.4 Å². The first-order valence-electron chi connectivity index (χ1n) is 9.88.